The third-order valence-electron chi connectivity index (χ3n) is 4.20. The fourth-order valence-electron chi connectivity index (χ4n) is 2.95. The molecule has 0 aliphatic rings. The number of aromatic amines is 1. The van der Waals surface area contributed by atoms with Crippen LogP contribution in [0.15, 0.2) is 52.0 Å². The van der Waals surface area contributed by atoms with Crippen molar-refractivity contribution in [3.8, 4) is 0 Å². The van der Waals surface area contributed by atoms with E-state index in [2.05, 4.69) is 25.6 Å². The number of hydrogen-bond acceptors (Lipinski definition) is 7. The number of anilines is 1. The highest BCUT2D eigenvalue weighted by Gasteiger charge is 2.15. The Morgan fingerprint density at radius 3 is 2.56 bits per heavy atom. The maximum atomic E-state index is 12.4. The van der Waals surface area contributed by atoms with Crippen molar-refractivity contribution < 1.29 is 9.59 Å². The topological polar surface area (TPSA) is 99.8 Å². The fourth-order valence-corrected chi connectivity index (χ4v) is 5.55. The summed E-state index contributed by atoms with van der Waals surface area (Å²) in [7, 11) is 0. The van der Waals surface area contributed by atoms with Crippen molar-refractivity contribution in [2.45, 2.75) is 35.8 Å². The molecule has 2 amide bonds. The third-order valence-corrected chi connectivity index (χ3v) is 7.24. The van der Waals surface area contributed by atoms with Crippen LogP contribution in [0.5, 0.6) is 0 Å². The summed E-state index contributed by atoms with van der Waals surface area (Å²) in [6, 6.07) is 13.4. The highest BCUT2D eigenvalue weighted by molar-refractivity contribution is 8.01. The van der Waals surface area contributed by atoms with Gasteiger partial charge in [-0.3, -0.25) is 9.59 Å². The van der Waals surface area contributed by atoms with Crippen LogP contribution in [0.2, 0.25) is 0 Å². The zero-order valence-electron chi connectivity index (χ0n) is 17.9. The summed E-state index contributed by atoms with van der Waals surface area (Å²) >= 11 is 4.29. The van der Waals surface area contributed by atoms with Crippen LogP contribution in [0, 0.1) is 0 Å². The number of H-pyrrole nitrogens is 1. The average molecular weight is 486 g/mol. The molecule has 2 aromatic carbocycles. The second-order valence-electron chi connectivity index (χ2n) is 8.15. The molecular weight excluding hydrogens is 462 g/mol. The lowest BCUT2D eigenvalue weighted by atomic mass is 10.1. The van der Waals surface area contributed by atoms with Gasteiger partial charge in [-0.2, -0.15) is 0 Å². The number of thioether (sulfide) groups is 2. The minimum Gasteiger partial charge on any atom is -0.351 e. The molecular formula is C22H23N5O2S3. The number of aromatic nitrogens is 3. The molecule has 0 atom stereocenters. The van der Waals surface area contributed by atoms with E-state index in [0.29, 0.717) is 5.75 Å². The summed E-state index contributed by atoms with van der Waals surface area (Å²) in [6.07, 6.45) is 0. The van der Waals surface area contributed by atoms with Gasteiger partial charge in [-0.05, 0) is 51.1 Å². The highest BCUT2D eigenvalue weighted by Crippen LogP contribution is 2.31. The molecule has 0 radical (unpaired) electrons. The second-order valence-corrected chi connectivity index (χ2v) is 11.4. The predicted octanol–water partition coefficient (Wildman–Crippen LogP) is 4.91. The zero-order valence-corrected chi connectivity index (χ0v) is 20.3. The molecule has 2 aromatic heterocycles. The molecule has 0 saturated heterocycles. The molecule has 0 aliphatic heterocycles. The molecule has 0 unspecified atom stereocenters. The molecule has 3 N–H and O–H groups in total. The molecule has 7 nitrogen and oxygen atoms in total. The molecule has 2 heterocycles. The Morgan fingerprint density at radius 2 is 1.78 bits per heavy atom. The van der Waals surface area contributed by atoms with E-state index in [1.54, 1.807) is 0 Å². The van der Waals surface area contributed by atoms with Crippen LogP contribution in [0.1, 0.15) is 20.8 Å². The largest absolute Gasteiger partial charge is 0.351 e. The average Bonchev–Trinajstić information content (AvgIpc) is 3.32. The van der Waals surface area contributed by atoms with Gasteiger partial charge < -0.3 is 15.6 Å². The van der Waals surface area contributed by atoms with Gasteiger partial charge in [0.2, 0.25) is 11.8 Å². The van der Waals surface area contributed by atoms with Crippen LogP contribution in [0.4, 0.5) is 5.69 Å². The van der Waals surface area contributed by atoms with Gasteiger partial charge in [0.25, 0.3) is 0 Å². The number of para-hydroxylation sites is 2. The van der Waals surface area contributed by atoms with E-state index in [4.69, 9.17) is 0 Å². The van der Waals surface area contributed by atoms with Crippen LogP contribution in [0.25, 0.3) is 21.3 Å². The number of fused-ring (bicyclic) bond motifs is 2. The molecule has 0 aliphatic carbocycles. The molecule has 0 spiro atoms. The molecule has 10 heteroatoms. The third kappa shape index (κ3) is 6.02. The highest BCUT2D eigenvalue weighted by atomic mass is 32.2. The normalized spacial score (nSPS) is 11.7. The Balaban J connectivity index is 1.33. The predicted molar refractivity (Wildman–Crippen MR) is 134 cm³/mol. The Kier molecular flexibility index (Phi) is 6.73. The number of carbonyl (C=O) groups excluding carboxylic acids is 2. The van der Waals surface area contributed by atoms with Crippen LogP contribution in [-0.4, -0.2) is 43.8 Å². The lowest BCUT2D eigenvalue weighted by Crippen LogP contribution is -2.41. The van der Waals surface area contributed by atoms with Crippen LogP contribution >= 0.6 is 34.9 Å². The number of benzene rings is 2. The number of nitrogens with one attached hydrogen (secondary N) is 3. The zero-order chi connectivity index (χ0) is 22.7. The van der Waals surface area contributed by atoms with Gasteiger partial charge in [-0.25, -0.2) is 9.97 Å². The maximum absolute atomic E-state index is 12.4. The van der Waals surface area contributed by atoms with Crippen molar-refractivity contribution in [2.24, 2.45) is 0 Å². The number of nitrogens with zero attached hydrogens (tertiary/aromatic N) is 2. The molecule has 0 bridgehead atoms. The first kappa shape index (κ1) is 22.6. The molecule has 0 fully saturated rings. The van der Waals surface area contributed by atoms with E-state index in [1.807, 2.05) is 63.2 Å². The number of imidazole rings is 1. The van der Waals surface area contributed by atoms with Crippen molar-refractivity contribution in [3.05, 3.63) is 42.5 Å². The SMILES string of the molecule is CC(C)(C)NC(=O)CSc1nc2ccc(NC(=O)CSc3nc4ccccc4[nH]3)cc2s1. The van der Waals surface area contributed by atoms with Crippen molar-refractivity contribution in [1.29, 1.82) is 0 Å². The van der Waals surface area contributed by atoms with Gasteiger partial charge in [0.05, 0.1) is 32.8 Å². The fraction of sp³-hybridized carbons (Fsp3) is 0.273. The summed E-state index contributed by atoms with van der Waals surface area (Å²) in [4.78, 5) is 36.7. The first-order valence-electron chi connectivity index (χ1n) is 9.97. The summed E-state index contributed by atoms with van der Waals surface area (Å²) in [5.41, 5.74) is 3.16. The van der Waals surface area contributed by atoms with E-state index >= 15 is 0 Å². The smallest absolute Gasteiger partial charge is 0.234 e. The molecule has 32 heavy (non-hydrogen) atoms. The van der Waals surface area contributed by atoms with Crippen molar-refractivity contribution in [3.63, 3.8) is 0 Å². The van der Waals surface area contributed by atoms with Crippen LogP contribution < -0.4 is 10.6 Å². The van der Waals surface area contributed by atoms with E-state index in [1.165, 1.54) is 34.9 Å². The lowest BCUT2D eigenvalue weighted by molar-refractivity contribution is -0.120. The molecule has 0 saturated carbocycles. The number of thiazole rings is 1. The van der Waals surface area contributed by atoms with Gasteiger partial charge in [0, 0.05) is 11.2 Å². The Morgan fingerprint density at radius 1 is 1.00 bits per heavy atom. The van der Waals surface area contributed by atoms with Gasteiger partial charge >= 0.3 is 0 Å². The summed E-state index contributed by atoms with van der Waals surface area (Å²) in [5.74, 6) is 0.453. The summed E-state index contributed by atoms with van der Waals surface area (Å²) < 4.78 is 1.79. The van der Waals surface area contributed by atoms with Crippen LogP contribution in [-0.2, 0) is 9.59 Å². The number of carbonyl (C=O) groups is 2. The van der Waals surface area contributed by atoms with Crippen molar-refractivity contribution in [1.82, 2.24) is 20.3 Å². The monoisotopic (exact) mass is 485 g/mol. The van der Waals surface area contributed by atoms with E-state index in [9.17, 15) is 9.59 Å². The van der Waals surface area contributed by atoms with E-state index in [0.717, 1.165) is 36.4 Å². The van der Waals surface area contributed by atoms with Gasteiger partial charge in [-0.1, -0.05) is 35.7 Å². The standard InChI is InChI=1S/C22H23N5O2S3/c1-22(2,3)27-19(29)12-31-21-26-16-9-8-13(10-17(16)32-21)23-18(28)11-30-20-24-14-6-4-5-7-15(14)25-20/h4-10H,11-12H2,1-3H3,(H,23,28)(H,24,25)(H,27,29). The maximum Gasteiger partial charge on any atom is 0.234 e. The molecule has 4 aromatic rings. The number of rotatable bonds is 7. The minimum absolute atomic E-state index is 0.0170. The summed E-state index contributed by atoms with van der Waals surface area (Å²) in [6.45, 7) is 5.87. The first-order chi connectivity index (χ1) is 15.2. The lowest BCUT2D eigenvalue weighted by Gasteiger charge is -2.19. The Hall–Kier alpha value is -2.56. The van der Waals surface area contributed by atoms with Gasteiger partial charge in [-0.15, -0.1) is 11.3 Å². The Labute approximate surface area is 198 Å². The number of hydrogen-bond donors (Lipinski definition) is 3. The Bertz CT molecular complexity index is 1240. The first-order valence-corrected chi connectivity index (χ1v) is 12.8. The van der Waals surface area contributed by atoms with E-state index < -0.39 is 0 Å². The van der Waals surface area contributed by atoms with Gasteiger partial charge in [0.15, 0.2) is 9.50 Å². The van der Waals surface area contributed by atoms with Crippen LogP contribution in [0.3, 0.4) is 0 Å². The second kappa shape index (κ2) is 9.51. The number of amides is 2. The molecule has 4 rings (SSSR count). The molecule has 166 valence electrons. The summed E-state index contributed by atoms with van der Waals surface area (Å²) in [5, 5.41) is 6.59. The van der Waals surface area contributed by atoms with Crippen molar-refractivity contribution in [2.75, 3.05) is 16.8 Å². The minimum atomic E-state index is -0.249. The quantitative estimate of drug-likeness (QED) is 0.322. The van der Waals surface area contributed by atoms with E-state index in [-0.39, 0.29) is 23.1 Å². The van der Waals surface area contributed by atoms with Crippen molar-refractivity contribution >= 4 is 73.6 Å². The van der Waals surface area contributed by atoms with Gasteiger partial charge in [0.1, 0.15) is 0 Å².